The molecule has 0 aliphatic carbocycles. The summed E-state index contributed by atoms with van der Waals surface area (Å²) in [5, 5.41) is 2.19. The molecule has 0 atom stereocenters. The molecule has 0 saturated heterocycles. The Morgan fingerprint density at radius 1 is 1.40 bits per heavy atom. The van der Waals surface area contributed by atoms with Crippen LogP contribution in [0.2, 0.25) is 0 Å². The monoisotopic (exact) mass is 187 g/mol. The first-order valence-corrected chi connectivity index (χ1v) is 4.23. The van der Waals surface area contributed by atoms with Gasteiger partial charge in [-0.15, -0.1) is 4.88 Å². The summed E-state index contributed by atoms with van der Waals surface area (Å²) in [4.78, 5) is 1.38. The minimum absolute atomic E-state index is 0. The summed E-state index contributed by atoms with van der Waals surface area (Å²) in [7, 11) is 0. The zero-order valence-electron chi connectivity index (χ0n) is 6.40. The second-order valence-corrected chi connectivity index (χ2v) is 2.98. The maximum atomic E-state index is 3.33. The maximum absolute atomic E-state index is 3.33. The quantitative estimate of drug-likeness (QED) is 0.493. The molecule has 54 valence electrons. The van der Waals surface area contributed by atoms with Crippen molar-refractivity contribution in [1.29, 1.82) is 0 Å². The third kappa shape index (κ3) is 2.57. The number of rotatable bonds is 2. The third-order valence-electron chi connectivity index (χ3n) is 1.35. The molecule has 0 saturated carbocycles. The zero-order valence-corrected chi connectivity index (χ0v) is 8.78. The Bertz CT molecular complexity index is 163. The summed E-state index contributed by atoms with van der Waals surface area (Å²) < 4.78 is 0. The van der Waals surface area contributed by atoms with E-state index < -0.39 is 0 Å². The van der Waals surface area contributed by atoms with Crippen LogP contribution in [0, 0.1) is 6.07 Å². The fourth-order valence-electron chi connectivity index (χ4n) is 0.724. The summed E-state index contributed by atoms with van der Waals surface area (Å²) in [6, 6.07) is 3.33. The molecule has 0 aromatic carbocycles. The molecule has 1 aromatic heterocycles. The summed E-state index contributed by atoms with van der Waals surface area (Å²) in [5.41, 5.74) is 1.36. The first-order chi connectivity index (χ1) is 4.36. The summed E-state index contributed by atoms with van der Waals surface area (Å²) in [6.07, 6.45) is 2.25. The van der Waals surface area contributed by atoms with E-state index in [-0.39, 0.29) is 21.7 Å². The predicted octanol–water partition coefficient (Wildman–Crippen LogP) is 2.67. The fraction of sp³-hybridized carbons (Fsp3) is 0.500. The summed E-state index contributed by atoms with van der Waals surface area (Å²) >= 11 is 1.82. The second-order valence-electron chi connectivity index (χ2n) is 2.02. The molecule has 0 unspecified atom stereocenters. The van der Waals surface area contributed by atoms with Gasteiger partial charge in [0.15, 0.2) is 0 Å². The summed E-state index contributed by atoms with van der Waals surface area (Å²) in [6.45, 7) is 4.33. The van der Waals surface area contributed by atoms with Crippen LogP contribution < -0.4 is 0 Å². The van der Waals surface area contributed by atoms with Crippen molar-refractivity contribution < 1.29 is 21.7 Å². The molecule has 1 aromatic rings. The Hall–Kier alpha value is 0.414. The van der Waals surface area contributed by atoms with E-state index in [0.717, 1.165) is 12.8 Å². The van der Waals surface area contributed by atoms with Crippen molar-refractivity contribution >= 4 is 11.3 Å². The SMILES string of the molecule is CCc1[c-]c(CC)sc1.[Ti]. The van der Waals surface area contributed by atoms with Crippen LogP contribution in [0.5, 0.6) is 0 Å². The van der Waals surface area contributed by atoms with E-state index in [1.807, 2.05) is 11.3 Å². The van der Waals surface area contributed by atoms with E-state index in [0.29, 0.717) is 0 Å². The molecule has 0 aliphatic rings. The van der Waals surface area contributed by atoms with Crippen molar-refractivity contribution in [3.05, 3.63) is 21.9 Å². The molecule has 2 heteroatoms. The fourth-order valence-corrected chi connectivity index (χ4v) is 1.59. The van der Waals surface area contributed by atoms with Gasteiger partial charge in [0.1, 0.15) is 0 Å². The zero-order chi connectivity index (χ0) is 6.69. The first-order valence-electron chi connectivity index (χ1n) is 3.35. The summed E-state index contributed by atoms with van der Waals surface area (Å²) in [5.74, 6) is 0. The van der Waals surface area contributed by atoms with Gasteiger partial charge >= 0.3 is 0 Å². The Morgan fingerprint density at radius 3 is 2.40 bits per heavy atom. The van der Waals surface area contributed by atoms with Crippen molar-refractivity contribution in [3.8, 4) is 0 Å². The number of hydrogen-bond donors (Lipinski definition) is 0. The number of thiophene rings is 1. The van der Waals surface area contributed by atoms with Crippen molar-refractivity contribution in [3.63, 3.8) is 0 Å². The van der Waals surface area contributed by atoms with Crippen LogP contribution in [0.15, 0.2) is 5.38 Å². The molecular formula is C8H11STi-. The second kappa shape index (κ2) is 5.12. The topological polar surface area (TPSA) is 0 Å². The van der Waals surface area contributed by atoms with E-state index in [1.54, 1.807) is 0 Å². The van der Waals surface area contributed by atoms with Crippen LogP contribution in [0.3, 0.4) is 0 Å². The van der Waals surface area contributed by atoms with E-state index in [2.05, 4.69) is 25.3 Å². The predicted molar refractivity (Wildman–Crippen MR) is 41.9 cm³/mol. The van der Waals surface area contributed by atoms with Crippen LogP contribution in [0.25, 0.3) is 0 Å². The van der Waals surface area contributed by atoms with Crippen molar-refractivity contribution in [1.82, 2.24) is 0 Å². The van der Waals surface area contributed by atoms with Gasteiger partial charge < -0.3 is 0 Å². The molecule has 0 nitrogen and oxygen atoms in total. The van der Waals surface area contributed by atoms with Crippen molar-refractivity contribution in [2.24, 2.45) is 0 Å². The molecule has 10 heavy (non-hydrogen) atoms. The van der Waals surface area contributed by atoms with Gasteiger partial charge in [-0.2, -0.15) is 5.38 Å². The average Bonchev–Trinajstić information content (AvgIpc) is 2.34. The standard InChI is InChI=1S/C8H11S.Ti/c1-3-7-5-8(4-2)9-6-7;/h6H,3-4H2,1-2H3;/q-1;. The van der Waals surface area contributed by atoms with E-state index >= 15 is 0 Å². The van der Waals surface area contributed by atoms with Crippen molar-refractivity contribution in [2.45, 2.75) is 26.7 Å². The molecule has 0 amide bonds. The van der Waals surface area contributed by atoms with E-state index in [1.165, 1.54) is 10.4 Å². The molecule has 0 N–H and O–H groups in total. The minimum Gasteiger partial charge on any atom is -0.269 e. The maximum Gasteiger partial charge on any atom is 0 e. The molecule has 0 fully saturated rings. The number of hydrogen-bond acceptors (Lipinski definition) is 1. The molecule has 0 bridgehead atoms. The Morgan fingerprint density at radius 2 is 2.10 bits per heavy atom. The van der Waals surface area contributed by atoms with Gasteiger partial charge in [0.05, 0.1) is 0 Å². The first kappa shape index (κ1) is 10.4. The molecule has 1 heterocycles. The van der Waals surface area contributed by atoms with Crippen molar-refractivity contribution in [2.75, 3.05) is 0 Å². The Balaban J connectivity index is 0.000000810. The minimum atomic E-state index is 0. The van der Waals surface area contributed by atoms with Gasteiger partial charge in [0, 0.05) is 21.7 Å². The molecule has 0 spiro atoms. The van der Waals surface area contributed by atoms with Crippen LogP contribution in [-0.4, -0.2) is 0 Å². The Labute approximate surface area is 81.5 Å². The van der Waals surface area contributed by atoms with Gasteiger partial charge in [-0.25, -0.2) is 11.6 Å². The normalized spacial score (nSPS) is 9.00. The van der Waals surface area contributed by atoms with Gasteiger partial charge in [-0.05, 0) is 6.42 Å². The van der Waals surface area contributed by atoms with Gasteiger partial charge in [0.2, 0.25) is 0 Å². The van der Waals surface area contributed by atoms with Gasteiger partial charge in [0.25, 0.3) is 0 Å². The molecule has 1 rings (SSSR count). The van der Waals surface area contributed by atoms with Crippen LogP contribution in [0.4, 0.5) is 0 Å². The molecule has 0 aliphatic heterocycles. The van der Waals surface area contributed by atoms with E-state index in [9.17, 15) is 0 Å². The van der Waals surface area contributed by atoms with E-state index in [4.69, 9.17) is 0 Å². The third-order valence-corrected chi connectivity index (χ3v) is 2.42. The van der Waals surface area contributed by atoms with Gasteiger partial charge in [-0.1, -0.05) is 20.3 Å². The van der Waals surface area contributed by atoms with Crippen LogP contribution in [-0.2, 0) is 34.6 Å². The molecule has 0 radical (unpaired) electrons. The molecular weight excluding hydrogens is 176 g/mol. The van der Waals surface area contributed by atoms with Crippen LogP contribution >= 0.6 is 11.3 Å². The van der Waals surface area contributed by atoms with Gasteiger partial charge in [-0.3, -0.25) is 11.3 Å². The smallest absolute Gasteiger partial charge is 0 e. The average molecular weight is 187 g/mol. The number of aryl methyl sites for hydroxylation is 2. The van der Waals surface area contributed by atoms with Crippen LogP contribution in [0.1, 0.15) is 24.3 Å². The Kier molecular flexibility index (Phi) is 5.33. The largest absolute Gasteiger partial charge is 0.269 e.